The minimum absolute atomic E-state index is 0.134. The number of aromatic carboxylic acids is 1. The van der Waals surface area contributed by atoms with E-state index in [-0.39, 0.29) is 5.56 Å². The number of carboxylic acid groups (broad SMARTS) is 1. The molecule has 0 saturated carbocycles. The minimum atomic E-state index is -1.01. The highest BCUT2D eigenvalue weighted by Crippen LogP contribution is 2.26. The molecule has 0 atom stereocenters. The van der Waals surface area contributed by atoms with Crippen LogP contribution in [0.25, 0.3) is 0 Å². The van der Waals surface area contributed by atoms with Crippen molar-refractivity contribution < 1.29 is 14.6 Å². The minimum Gasteiger partial charge on any atom is -0.491 e. The van der Waals surface area contributed by atoms with Gasteiger partial charge in [-0.05, 0) is 18.6 Å². The van der Waals surface area contributed by atoms with Gasteiger partial charge in [0.1, 0.15) is 5.56 Å². The number of carboxylic acids is 1. The number of benzene rings is 1. The number of carbonyl (C=O) groups is 1. The summed E-state index contributed by atoms with van der Waals surface area (Å²) < 4.78 is 5.57. The Morgan fingerprint density at radius 1 is 1.10 bits per heavy atom. The summed E-state index contributed by atoms with van der Waals surface area (Å²) in [6.45, 7) is 2.74. The van der Waals surface area contributed by atoms with Crippen molar-refractivity contribution in [3.05, 3.63) is 23.8 Å². The lowest BCUT2D eigenvalue weighted by Gasteiger charge is -2.11. The van der Waals surface area contributed by atoms with E-state index in [1.165, 1.54) is 44.6 Å². The van der Waals surface area contributed by atoms with Crippen LogP contribution in [0.15, 0.2) is 18.2 Å². The molecule has 0 amide bonds. The Morgan fingerprint density at radius 3 is 2.33 bits per heavy atom. The van der Waals surface area contributed by atoms with Crippen LogP contribution in [0.3, 0.4) is 0 Å². The number of anilines is 1. The van der Waals surface area contributed by atoms with Crippen LogP contribution in [0.5, 0.6) is 5.75 Å². The third-order valence-corrected chi connectivity index (χ3v) is 3.52. The number of para-hydroxylation sites is 1. The Kier molecular flexibility index (Phi) is 8.32. The van der Waals surface area contributed by atoms with Gasteiger partial charge in [0.15, 0.2) is 5.75 Å². The SMILES string of the molecule is CCCCCCCCCCOc1c(N)cccc1C(=O)O. The number of rotatable bonds is 11. The van der Waals surface area contributed by atoms with Gasteiger partial charge in [-0.3, -0.25) is 0 Å². The van der Waals surface area contributed by atoms with Crippen LogP contribution < -0.4 is 10.5 Å². The normalized spacial score (nSPS) is 10.5. The molecule has 0 aliphatic carbocycles. The molecule has 21 heavy (non-hydrogen) atoms. The predicted molar refractivity (Wildman–Crippen MR) is 85.9 cm³/mol. The van der Waals surface area contributed by atoms with Crippen LogP contribution in [0.2, 0.25) is 0 Å². The van der Waals surface area contributed by atoms with Crippen molar-refractivity contribution in [3.63, 3.8) is 0 Å². The van der Waals surface area contributed by atoms with E-state index in [0.29, 0.717) is 18.0 Å². The molecule has 118 valence electrons. The van der Waals surface area contributed by atoms with Crippen LogP contribution in [-0.2, 0) is 0 Å². The molecule has 0 bridgehead atoms. The highest BCUT2D eigenvalue weighted by molar-refractivity contribution is 5.93. The van der Waals surface area contributed by atoms with E-state index < -0.39 is 5.97 Å². The Morgan fingerprint density at radius 2 is 1.71 bits per heavy atom. The second-order valence-corrected chi connectivity index (χ2v) is 5.35. The first-order chi connectivity index (χ1) is 10.2. The Labute approximate surface area is 127 Å². The molecule has 0 aliphatic heterocycles. The maximum Gasteiger partial charge on any atom is 0.339 e. The fraction of sp³-hybridized carbons (Fsp3) is 0.588. The largest absolute Gasteiger partial charge is 0.491 e. The fourth-order valence-corrected chi connectivity index (χ4v) is 2.29. The average molecular weight is 293 g/mol. The van der Waals surface area contributed by atoms with Gasteiger partial charge in [0.25, 0.3) is 0 Å². The molecule has 0 aromatic heterocycles. The monoisotopic (exact) mass is 293 g/mol. The quantitative estimate of drug-likeness (QED) is 0.466. The molecule has 0 unspecified atom stereocenters. The third kappa shape index (κ3) is 6.52. The zero-order valence-corrected chi connectivity index (χ0v) is 12.9. The molecular formula is C17H27NO3. The zero-order valence-electron chi connectivity index (χ0n) is 12.9. The molecule has 1 aromatic rings. The fourth-order valence-electron chi connectivity index (χ4n) is 2.29. The zero-order chi connectivity index (χ0) is 15.5. The molecular weight excluding hydrogens is 266 g/mol. The summed E-state index contributed by atoms with van der Waals surface area (Å²) in [5.41, 5.74) is 6.30. The lowest BCUT2D eigenvalue weighted by molar-refractivity contribution is 0.0692. The van der Waals surface area contributed by atoms with Gasteiger partial charge in [0, 0.05) is 0 Å². The average Bonchev–Trinajstić information content (AvgIpc) is 2.46. The van der Waals surface area contributed by atoms with Crippen LogP contribution in [0.1, 0.15) is 68.6 Å². The van der Waals surface area contributed by atoms with E-state index in [1.54, 1.807) is 12.1 Å². The van der Waals surface area contributed by atoms with E-state index in [2.05, 4.69) is 6.92 Å². The molecule has 0 aliphatic rings. The van der Waals surface area contributed by atoms with Crippen molar-refractivity contribution >= 4 is 11.7 Å². The molecule has 0 spiro atoms. The summed E-state index contributed by atoms with van der Waals surface area (Å²) in [5.74, 6) is -0.707. The maximum atomic E-state index is 11.1. The van der Waals surface area contributed by atoms with E-state index in [0.717, 1.165) is 12.8 Å². The number of hydrogen-bond acceptors (Lipinski definition) is 3. The molecule has 4 heteroatoms. The molecule has 3 N–H and O–H groups in total. The van der Waals surface area contributed by atoms with E-state index >= 15 is 0 Å². The number of nitrogen functional groups attached to an aromatic ring is 1. The Balaban J connectivity index is 2.23. The number of unbranched alkanes of at least 4 members (excludes halogenated alkanes) is 7. The first kappa shape index (κ1) is 17.3. The van der Waals surface area contributed by atoms with E-state index in [1.807, 2.05) is 0 Å². The second kappa shape index (κ2) is 10.1. The maximum absolute atomic E-state index is 11.1. The molecule has 1 aromatic carbocycles. The summed E-state index contributed by atoms with van der Waals surface area (Å²) in [5, 5.41) is 9.10. The lowest BCUT2D eigenvalue weighted by Crippen LogP contribution is -2.07. The molecule has 0 fully saturated rings. The summed E-state index contributed by atoms with van der Waals surface area (Å²) in [4.78, 5) is 11.1. The van der Waals surface area contributed by atoms with Crippen molar-refractivity contribution in [2.45, 2.75) is 58.3 Å². The third-order valence-electron chi connectivity index (χ3n) is 3.52. The molecule has 1 rings (SSSR count). The first-order valence-corrected chi connectivity index (χ1v) is 7.91. The van der Waals surface area contributed by atoms with Gasteiger partial charge in [-0.25, -0.2) is 4.79 Å². The molecule has 4 nitrogen and oxygen atoms in total. The number of nitrogens with two attached hydrogens (primary N) is 1. The summed E-state index contributed by atoms with van der Waals surface area (Å²) in [7, 11) is 0. The molecule has 0 heterocycles. The Hall–Kier alpha value is -1.71. The molecule has 0 saturated heterocycles. The van der Waals surface area contributed by atoms with Crippen LogP contribution >= 0.6 is 0 Å². The summed E-state index contributed by atoms with van der Waals surface area (Å²) in [6.07, 6.45) is 9.77. The highest BCUT2D eigenvalue weighted by atomic mass is 16.5. The van der Waals surface area contributed by atoms with E-state index in [4.69, 9.17) is 15.6 Å². The molecule has 0 radical (unpaired) electrons. The Bertz CT molecular complexity index is 432. The number of ether oxygens (including phenoxy) is 1. The van der Waals surface area contributed by atoms with Gasteiger partial charge in [-0.15, -0.1) is 0 Å². The first-order valence-electron chi connectivity index (χ1n) is 7.91. The summed E-state index contributed by atoms with van der Waals surface area (Å²) >= 11 is 0. The van der Waals surface area contributed by atoms with Gasteiger partial charge in [0.2, 0.25) is 0 Å². The highest BCUT2D eigenvalue weighted by Gasteiger charge is 2.13. The van der Waals surface area contributed by atoms with Gasteiger partial charge in [0.05, 0.1) is 12.3 Å². The topological polar surface area (TPSA) is 72.5 Å². The standard InChI is InChI=1S/C17H27NO3/c1-2-3-4-5-6-7-8-9-13-21-16-14(17(19)20)11-10-12-15(16)18/h10-12H,2-9,13,18H2,1H3,(H,19,20). The van der Waals surface area contributed by atoms with Gasteiger partial charge in [-0.2, -0.15) is 0 Å². The smallest absolute Gasteiger partial charge is 0.339 e. The van der Waals surface area contributed by atoms with Crippen LogP contribution in [0.4, 0.5) is 5.69 Å². The van der Waals surface area contributed by atoms with Gasteiger partial charge < -0.3 is 15.6 Å². The second-order valence-electron chi connectivity index (χ2n) is 5.35. The van der Waals surface area contributed by atoms with Crippen molar-refractivity contribution in [2.24, 2.45) is 0 Å². The van der Waals surface area contributed by atoms with Crippen LogP contribution in [0, 0.1) is 0 Å². The van der Waals surface area contributed by atoms with Crippen molar-refractivity contribution in [1.82, 2.24) is 0 Å². The van der Waals surface area contributed by atoms with Crippen LogP contribution in [-0.4, -0.2) is 17.7 Å². The van der Waals surface area contributed by atoms with Crippen molar-refractivity contribution in [1.29, 1.82) is 0 Å². The number of hydrogen-bond donors (Lipinski definition) is 2. The summed E-state index contributed by atoms with van der Waals surface area (Å²) in [6, 6.07) is 4.80. The van der Waals surface area contributed by atoms with Crippen molar-refractivity contribution in [3.8, 4) is 5.75 Å². The predicted octanol–water partition coefficient (Wildman–Crippen LogP) is 4.49. The van der Waals surface area contributed by atoms with E-state index in [9.17, 15) is 4.79 Å². The van der Waals surface area contributed by atoms with Gasteiger partial charge >= 0.3 is 5.97 Å². The lowest BCUT2D eigenvalue weighted by atomic mass is 10.1. The van der Waals surface area contributed by atoms with Gasteiger partial charge in [-0.1, -0.05) is 57.9 Å². The van der Waals surface area contributed by atoms with Crippen molar-refractivity contribution in [2.75, 3.05) is 12.3 Å².